The Hall–Kier alpha value is -2.63. The molecule has 6 heteroatoms. The molecule has 0 aliphatic heterocycles. The number of halogens is 2. The second kappa shape index (κ2) is 5.56. The topological polar surface area (TPSA) is 60.8 Å². The van der Waals surface area contributed by atoms with Crippen molar-refractivity contribution in [3.63, 3.8) is 0 Å². The van der Waals surface area contributed by atoms with Crippen LogP contribution in [0.3, 0.4) is 0 Å². The Labute approximate surface area is 113 Å². The SMILES string of the molecule is O=C(O)N(Cc1ccccc1)c1cc(F)c(O)cc1F. The number of aromatic hydroxyl groups is 1. The Morgan fingerprint density at radius 1 is 1.10 bits per heavy atom. The smallest absolute Gasteiger partial charge is 0.412 e. The molecule has 0 aromatic heterocycles. The van der Waals surface area contributed by atoms with Crippen LogP contribution in [-0.4, -0.2) is 16.3 Å². The van der Waals surface area contributed by atoms with Gasteiger partial charge in [0.1, 0.15) is 0 Å². The number of carbonyl (C=O) groups is 1. The fourth-order valence-corrected chi connectivity index (χ4v) is 1.75. The van der Waals surface area contributed by atoms with Crippen molar-refractivity contribution in [3.8, 4) is 5.75 Å². The molecule has 0 atom stereocenters. The maximum absolute atomic E-state index is 13.7. The van der Waals surface area contributed by atoms with E-state index < -0.39 is 29.2 Å². The summed E-state index contributed by atoms with van der Waals surface area (Å²) in [6.45, 7) is -0.128. The van der Waals surface area contributed by atoms with Gasteiger partial charge >= 0.3 is 6.09 Å². The van der Waals surface area contributed by atoms with E-state index in [4.69, 9.17) is 10.2 Å². The van der Waals surface area contributed by atoms with Crippen LogP contribution in [-0.2, 0) is 6.54 Å². The van der Waals surface area contributed by atoms with Crippen molar-refractivity contribution < 1.29 is 23.8 Å². The number of nitrogens with zero attached hydrogens (tertiary/aromatic N) is 1. The lowest BCUT2D eigenvalue weighted by atomic mass is 10.2. The molecule has 0 spiro atoms. The number of phenolic OH excluding ortho intramolecular Hbond substituents is 1. The Morgan fingerprint density at radius 3 is 2.35 bits per heavy atom. The van der Waals surface area contributed by atoms with Crippen molar-refractivity contribution in [2.45, 2.75) is 6.54 Å². The molecule has 2 N–H and O–H groups in total. The minimum absolute atomic E-state index is 0.128. The summed E-state index contributed by atoms with van der Waals surface area (Å²) in [6, 6.07) is 9.73. The molecule has 0 heterocycles. The number of carboxylic acid groups (broad SMARTS) is 1. The van der Waals surface area contributed by atoms with Gasteiger partial charge in [-0.2, -0.15) is 0 Å². The molecule has 0 saturated heterocycles. The predicted molar refractivity (Wildman–Crippen MR) is 68.7 cm³/mol. The average Bonchev–Trinajstić information content (AvgIpc) is 2.41. The Bertz CT molecular complexity index is 632. The highest BCUT2D eigenvalue weighted by Gasteiger charge is 2.21. The molecule has 0 bridgehead atoms. The van der Waals surface area contributed by atoms with E-state index in [-0.39, 0.29) is 6.54 Å². The van der Waals surface area contributed by atoms with Crippen LogP contribution < -0.4 is 4.90 Å². The highest BCUT2D eigenvalue weighted by molar-refractivity contribution is 5.86. The van der Waals surface area contributed by atoms with Crippen molar-refractivity contribution in [2.75, 3.05) is 4.90 Å². The van der Waals surface area contributed by atoms with Crippen molar-refractivity contribution >= 4 is 11.8 Å². The molecule has 2 rings (SSSR count). The van der Waals surface area contributed by atoms with Gasteiger partial charge in [-0.1, -0.05) is 30.3 Å². The number of anilines is 1. The molecular formula is C14H11F2NO3. The first-order valence-electron chi connectivity index (χ1n) is 5.71. The summed E-state index contributed by atoms with van der Waals surface area (Å²) in [5.74, 6) is -2.96. The number of hydrogen-bond acceptors (Lipinski definition) is 2. The maximum atomic E-state index is 13.7. The first-order chi connectivity index (χ1) is 9.49. The van der Waals surface area contributed by atoms with Gasteiger partial charge in [0.15, 0.2) is 17.4 Å². The number of benzene rings is 2. The van der Waals surface area contributed by atoms with E-state index in [0.29, 0.717) is 22.6 Å². The zero-order valence-electron chi connectivity index (χ0n) is 10.3. The third-order valence-electron chi connectivity index (χ3n) is 2.72. The molecule has 2 aromatic carbocycles. The summed E-state index contributed by atoms with van der Waals surface area (Å²) < 4.78 is 27.0. The van der Waals surface area contributed by atoms with Gasteiger partial charge in [0.05, 0.1) is 12.2 Å². The summed E-state index contributed by atoms with van der Waals surface area (Å²) in [6.07, 6.45) is -1.42. The molecule has 0 radical (unpaired) electrons. The third kappa shape index (κ3) is 2.85. The van der Waals surface area contributed by atoms with Crippen LogP contribution in [0.2, 0.25) is 0 Å². The zero-order valence-corrected chi connectivity index (χ0v) is 10.3. The van der Waals surface area contributed by atoms with E-state index in [1.807, 2.05) is 0 Å². The number of rotatable bonds is 3. The first kappa shape index (κ1) is 13.8. The van der Waals surface area contributed by atoms with Crippen molar-refractivity contribution in [1.29, 1.82) is 0 Å². The van der Waals surface area contributed by atoms with Crippen LogP contribution in [0.1, 0.15) is 5.56 Å². The molecule has 20 heavy (non-hydrogen) atoms. The lowest BCUT2D eigenvalue weighted by Gasteiger charge is -2.20. The second-order valence-electron chi connectivity index (χ2n) is 4.11. The van der Waals surface area contributed by atoms with Gasteiger partial charge in [0, 0.05) is 12.1 Å². The summed E-state index contributed by atoms with van der Waals surface area (Å²) >= 11 is 0. The fraction of sp³-hybridized carbons (Fsp3) is 0.0714. The van der Waals surface area contributed by atoms with Gasteiger partial charge in [-0.25, -0.2) is 13.6 Å². The van der Waals surface area contributed by atoms with Gasteiger partial charge in [0.2, 0.25) is 0 Å². The molecule has 0 aliphatic carbocycles. The first-order valence-corrected chi connectivity index (χ1v) is 5.71. The van der Waals surface area contributed by atoms with Crippen LogP contribution in [0.15, 0.2) is 42.5 Å². The van der Waals surface area contributed by atoms with Gasteiger partial charge in [-0.05, 0) is 5.56 Å². The Balaban J connectivity index is 2.39. The van der Waals surface area contributed by atoms with E-state index >= 15 is 0 Å². The summed E-state index contributed by atoms with van der Waals surface area (Å²) in [5.41, 5.74) is 0.180. The Morgan fingerprint density at radius 2 is 1.75 bits per heavy atom. The van der Waals surface area contributed by atoms with Crippen molar-refractivity contribution in [3.05, 3.63) is 59.7 Å². The quantitative estimate of drug-likeness (QED) is 0.905. The van der Waals surface area contributed by atoms with Gasteiger partial charge < -0.3 is 10.2 Å². The monoisotopic (exact) mass is 279 g/mol. The zero-order chi connectivity index (χ0) is 14.7. The average molecular weight is 279 g/mol. The van der Waals surface area contributed by atoms with Crippen LogP contribution in [0.5, 0.6) is 5.75 Å². The van der Waals surface area contributed by atoms with Crippen LogP contribution in [0, 0.1) is 11.6 Å². The standard InChI is InChI=1S/C14H11F2NO3/c15-10-7-13(18)11(16)6-12(10)17(14(19)20)8-9-4-2-1-3-5-9/h1-7,18H,8H2,(H,19,20). The van der Waals surface area contributed by atoms with Gasteiger partial charge in [-0.15, -0.1) is 0 Å². The summed E-state index contributed by atoms with van der Waals surface area (Å²) in [4.78, 5) is 11.9. The molecule has 0 unspecified atom stereocenters. The van der Waals surface area contributed by atoms with Crippen LogP contribution >= 0.6 is 0 Å². The van der Waals surface area contributed by atoms with E-state index in [1.165, 1.54) is 0 Å². The number of amides is 1. The minimum atomic E-state index is -1.42. The molecule has 104 valence electrons. The van der Waals surface area contributed by atoms with Gasteiger partial charge in [0.25, 0.3) is 0 Å². The fourth-order valence-electron chi connectivity index (χ4n) is 1.75. The largest absolute Gasteiger partial charge is 0.505 e. The molecule has 0 aliphatic rings. The maximum Gasteiger partial charge on any atom is 0.412 e. The molecule has 2 aromatic rings. The van der Waals surface area contributed by atoms with E-state index in [1.54, 1.807) is 30.3 Å². The highest BCUT2D eigenvalue weighted by Crippen LogP contribution is 2.28. The third-order valence-corrected chi connectivity index (χ3v) is 2.72. The van der Waals surface area contributed by atoms with E-state index in [2.05, 4.69) is 0 Å². The normalized spacial score (nSPS) is 10.3. The second-order valence-corrected chi connectivity index (χ2v) is 4.11. The molecule has 0 fully saturated rings. The molecule has 0 saturated carbocycles. The lowest BCUT2D eigenvalue weighted by Crippen LogP contribution is -2.29. The lowest BCUT2D eigenvalue weighted by molar-refractivity contribution is 0.201. The van der Waals surface area contributed by atoms with Crippen LogP contribution in [0.4, 0.5) is 19.3 Å². The van der Waals surface area contributed by atoms with E-state index in [9.17, 15) is 13.6 Å². The Kier molecular flexibility index (Phi) is 3.84. The molecular weight excluding hydrogens is 268 g/mol. The number of phenols is 1. The number of hydrogen-bond donors (Lipinski definition) is 2. The van der Waals surface area contributed by atoms with Crippen molar-refractivity contribution in [2.24, 2.45) is 0 Å². The molecule has 4 nitrogen and oxygen atoms in total. The minimum Gasteiger partial charge on any atom is -0.505 e. The van der Waals surface area contributed by atoms with Gasteiger partial charge in [-0.3, -0.25) is 4.90 Å². The summed E-state index contributed by atoms with van der Waals surface area (Å²) in [5, 5.41) is 18.2. The van der Waals surface area contributed by atoms with Crippen molar-refractivity contribution in [1.82, 2.24) is 0 Å². The summed E-state index contributed by atoms with van der Waals surface area (Å²) in [7, 11) is 0. The van der Waals surface area contributed by atoms with Crippen LogP contribution in [0.25, 0.3) is 0 Å². The highest BCUT2D eigenvalue weighted by atomic mass is 19.1. The predicted octanol–water partition coefficient (Wildman–Crippen LogP) is 3.36. The van der Waals surface area contributed by atoms with E-state index in [0.717, 1.165) is 0 Å². The molecule has 1 amide bonds.